The van der Waals surface area contributed by atoms with Crippen LogP contribution in [0, 0.1) is 0 Å². The summed E-state index contributed by atoms with van der Waals surface area (Å²) < 4.78 is 20.4. The molecule has 1 saturated heterocycles. The number of hydrogen-bond donors (Lipinski definition) is 1. The number of aromatic nitrogens is 2. The van der Waals surface area contributed by atoms with Crippen molar-refractivity contribution in [3.63, 3.8) is 0 Å². The molecular weight excluding hydrogens is 302 g/mol. The number of rotatable bonds is 7. The van der Waals surface area contributed by atoms with Crippen LogP contribution >= 0.6 is 11.5 Å². The van der Waals surface area contributed by atoms with E-state index in [4.69, 9.17) is 14.2 Å². The largest absolute Gasteiger partial charge is 0.488 e. The van der Waals surface area contributed by atoms with Gasteiger partial charge in [0.1, 0.15) is 17.7 Å². The number of anilines is 2. The van der Waals surface area contributed by atoms with E-state index >= 15 is 0 Å². The first-order chi connectivity index (χ1) is 10.8. The zero-order valence-electron chi connectivity index (χ0n) is 12.4. The highest BCUT2D eigenvalue weighted by molar-refractivity contribution is 7.09. The predicted octanol–water partition coefficient (Wildman–Crippen LogP) is 2.64. The van der Waals surface area contributed by atoms with Crippen molar-refractivity contribution in [1.82, 2.24) is 9.36 Å². The maximum Gasteiger partial charge on any atom is 0.207 e. The molecule has 2 aromatic rings. The lowest BCUT2D eigenvalue weighted by molar-refractivity contribution is 0.141. The standard InChI is InChI=1S/C15H19N3O3S/c1-19-8-7-14-17-15(22-18-14)16-11-2-4-12(5-3-11)21-13-6-9-20-10-13/h2-5,13H,6-10H2,1H3,(H,16,17,18). The number of hydrogen-bond acceptors (Lipinski definition) is 7. The molecule has 2 heterocycles. The van der Waals surface area contributed by atoms with Crippen LogP contribution in [0.15, 0.2) is 24.3 Å². The van der Waals surface area contributed by atoms with Gasteiger partial charge in [-0.1, -0.05) is 0 Å². The Morgan fingerprint density at radius 1 is 1.36 bits per heavy atom. The molecular formula is C15H19N3O3S. The minimum absolute atomic E-state index is 0.172. The second-order valence-electron chi connectivity index (χ2n) is 5.01. The molecule has 0 radical (unpaired) electrons. The summed E-state index contributed by atoms with van der Waals surface area (Å²) >= 11 is 1.35. The van der Waals surface area contributed by atoms with Gasteiger partial charge in [-0.05, 0) is 24.3 Å². The summed E-state index contributed by atoms with van der Waals surface area (Å²) in [4.78, 5) is 4.42. The summed E-state index contributed by atoms with van der Waals surface area (Å²) in [5.74, 6) is 1.66. The third kappa shape index (κ3) is 4.16. The molecule has 1 unspecified atom stereocenters. The Labute approximate surface area is 133 Å². The molecule has 0 bridgehead atoms. The van der Waals surface area contributed by atoms with Gasteiger partial charge in [0.25, 0.3) is 0 Å². The minimum atomic E-state index is 0.172. The van der Waals surface area contributed by atoms with Crippen molar-refractivity contribution >= 4 is 22.4 Å². The van der Waals surface area contributed by atoms with Gasteiger partial charge >= 0.3 is 0 Å². The van der Waals surface area contributed by atoms with E-state index in [9.17, 15) is 0 Å². The Hall–Kier alpha value is -1.70. The van der Waals surface area contributed by atoms with Gasteiger partial charge in [0.15, 0.2) is 0 Å². The van der Waals surface area contributed by atoms with Gasteiger partial charge in [0, 0.05) is 37.2 Å². The SMILES string of the molecule is COCCc1nsc(Nc2ccc(OC3CCOC3)cc2)n1. The van der Waals surface area contributed by atoms with E-state index in [2.05, 4.69) is 14.7 Å². The molecule has 3 rings (SSSR count). The first kappa shape index (κ1) is 15.2. The zero-order valence-corrected chi connectivity index (χ0v) is 13.3. The number of nitrogens with zero attached hydrogens (tertiary/aromatic N) is 2. The smallest absolute Gasteiger partial charge is 0.207 e. The van der Waals surface area contributed by atoms with Crippen LogP contribution in [0.5, 0.6) is 5.75 Å². The van der Waals surface area contributed by atoms with Gasteiger partial charge in [-0.3, -0.25) is 0 Å². The van der Waals surface area contributed by atoms with Crippen molar-refractivity contribution in [2.45, 2.75) is 18.9 Å². The molecule has 1 aromatic carbocycles. The molecule has 1 atom stereocenters. The van der Waals surface area contributed by atoms with Crippen LogP contribution in [0.25, 0.3) is 0 Å². The molecule has 0 aliphatic carbocycles. The minimum Gasteiger partial charge on any atom is -0.488 e. The fraction of sp³-hybridized carbons (Fsp3) is 0.467. The van der Waals surface area contributed by atoms with Crippen LogP contribution < -0.4 is 10.1 Å². The average molecular weight is 321 g/mol. The quantitative estimate of drug-likeness (QED) is 0.846. The molecule has 1 N–H and O–H groups in total. The lowest BCUT2D eigenvalue weighted by Crippen LogP contribution is -2.15. The van der Waals surface area contributed by atoms with Gasteiger partial charge in [-0.15, -0.1) is 0 Å². The predicted molar refractivity (Wildman–Crippen MR) is 85.1 cm³/mol. The number of nitrogens with one attached hydrogen (secondary N) is 1. The summed E-state index contributed by atoms with van der Waals surface area (Å²) in [5, 5.41) is 4.03. The van der Waals surface area contributed by atoms with E-state index in [-0.39, 0.29) is 6.10 Å². The van der Waals surface area contributed by atoms with Crippen LogP contribution in [0.1, 0.15) is 12.2 Å². The van der Waals surface area contributed by atoms with Crippen LogP contribution in [0.3, 0.4) is 0 Å². The van der Waals surface area contributed by atoms with Crippen LogP contribution in [0.4, 0.5) is 10.8 Å². The lowest BCUT2D eigenvalue weighted by Gasteiger charge is -2.12. The summed E-state index contributed by atoms with van der Waals surface area (Å²) in [6, 6.07) is 7.85. The fourth-order valence-corrected chi connectivity index (χ4v) is 2.77. The van der Waals surface area contributed by atoms with Crippen LogP contribution in [0.2, 0.25) is 0 Å². The molecule has 0 saturated carbocycles. The normalized spacial score (nSPS) is 17.6. The molecule has 7 heteroatoms. The van der Waals surface area contributed by atoms with Crippen molar-refractivity contribution < 1.29 is 14.2 Å². The van der Waals surface area contributed by atoms with E-state index in [1.165, 1.54) is 11.5 Å². The summed E-state index contributed by atoms with van der Waals surface area (Å²) in [6.45, 7) is 2.09. The Balaban J connectivity index is 1.54. The van der Waals surface area contributed by atoms with E-state index in [0.717, 1.165) is 41.8 Å². The van der Waals surface area contributed by atoms with Crippen LogP contribution in [-0.2, 0) is 15.9 Å². The number of methoxy groups -OCH3 is 1. The number of ether oxygens (including phenoxy) is 3. The van der Waals surface area contributed by atoms with Gasteiger partial charge in [-0.25, -0.2) is 4.98 Å². The molecule has 1 aliphatic rings. The van der Waals surface area contributed by atoms with E-state index in [1.807, 2.05) is 24.3 Å². The van der Waals surface area contributed by atoms with E-state index < -0.39 is 0 Å². The molecule has 6 nitrogen and oxygen atoms in total. The van der Waals surface area contributed by atoms with Gasteiger partial charge in [-0.2, -0.15) is 4.37 Å². The first-order valence-electron chi connectivity index (χ1n) is 7.26. The lowest BCUT2D eigenvalue weighted by atomic mass is 10.3. The molecule has 1 aromatic heterocycles. The highest BCUT2D eigenvalue weighted by Crippen LogP contribution is 2.23. The molecule has 1 aliphatic heterocycles. The Morgan fingerprint density at radius 3 is 2.95 bits per heavy atom. The third-order valence-electron chi connectivity index (χ3n) is 3.29. The molecule has 0 spiro atoms. The van der Waals surface area contributed by atoms with E-state index in [1.54, 1.807) is 7.11 Å². The van der Waals surface area contributed by atoms with Crippen molar-refractivity contribution in [3.05, 3.63) is 30.1 Å². The molecule has 0 amide bonds. The average Bonchev–Trinajstić information content (AvgIpc) is 3.19. The van der Waals surface area contributed by atoms with Crippen molar-refractivity contribution in [1.29, 1.82) is 0 Å². The Morgan fingerprint density at radius 2 is 2.23 bits per heavy atom. The highest BCUT2D eigenvalue weighted by atomic mass is 32.1. The molecule has 1 fully saturated rings. The van der Waals surface area contributed by atoms with Crippen LogP contribution in [-0.4, -0.2) is 42.4 Å². The van der Waals surface area contributed by atoms with Crippen molar-refractivity contribution in [2.75, 3.05) is 32.2 Å². The molecule has 22 heavy (non-hydrogen) atoms. The van der Waals surface area contributed by atoms with E-state index in [0.29, 0.717) is 13.2 Å². The third-order valence-corrected chi connectivity index (χ3v) is 3.96. The maximum atomic E-state index is 5.84. The highest BCUT2D eigenvalue weighted by Gasteiger charge is 2.16. The number of benzene rings is 1. The monoisotopic (exact) mass is 321 g/mol. The van der Waals surface area contributed by atoms with Crippen molar-refractivity contribution in [3.8, 4) is 5.75 Å². The first-order valence-corrected chi connectivity index (χ1v) is 8.04. The second-order valence-corrected chi connectivity index (χ2v) is 5.76. The summed E-state index contributed by atoms with van der Waals surface area (Å²) in [6.07, 6.45) is 1.85. The van der Waals surface area contributed by atoms with Gasteiger partial charge < -0.3 is 19.5 Å². The topological polar surface area (TPSA) is 65.5 Å². The fourth-order valence-electron chi connectivity index (χ4n) is 2.14. The summed E-state index contributed by atoms with van der Waals surface area (Å²) in [7, 11) is 1.67. The Kier molecular flexibility index (Phi) is 5.20. The Bertz CT molecular complexity index is 582. The van der Waals surface area contributed by atoms with Gasteiger partial charge in [0.05, 0.1) is 19.8 Å². The zero-order chi connectivity index (χ0) is 15.2. The van der Waals surface area contributed by atoms with Gasteiger partial charge in [0.2, 0.25) is 5.13 Å². The summed E-state index contributed by atoms with van der Waals surface area (Å²) in [5.41, 5.74) is 0.962. The second kappa shape index (κ2) is 7.53. The molecule has 118 valence electrons. The maximum absolute atomic E-state index is 5.84. The van der Waals surface area contributed by atoms with Crippen molar-refractivity contribution in [2.24, 2.45) is 0 Å².